The Kier molecular flexibility index (Phi) is 5.39. The molecule has 0 aromatic heterocycles. The Labute approximate surface area is 180 Å². The maximum atomic E-state index is 14.8. The van der Waals surface area contributed by atoms with E-state index in [-0.39, 0.29) is 16.3 Å². The number of hydrogen-bond acceptors (Lipinski definition) is 3. The number of carbonyl (C=O) groups excluding carboxylic acids is 1. The number of aliphatic hydroxyl groups is 1. The van der Waals surface area contributed by atoms with Crippen molar-refractivity contribution >= 4 is 22.0 Å². The fraction of sp³-hybridized carbons (Fsp3) is 0.409. The lowest BCUT2D eigenvalue weighted by Crippen LogP contribution is -2.45. The molecule has 5 N–H and O–H groups in total. The van der Waals surface area contributed by atoms with E-state index in [1.165, 1.54) is 26.0 Å². The van der Waals surface area contributed by atoms with Crippen LogP contribution in [0.1, 0.15) is 54.5 Å². The molecule has 4 rings (SSSR count). The zero-order chi connectivity index (χ0) is 22.6. The summed E-state index contributed by atoms with van der Waals surface area (Å²) in [5.41, 5.74) is 1.90. The van der Waals surface area contributed by atoms with Gasteiger partial charge in [0.15, 0.2) is 0 Å². The van der Waals surface area contributed by atoms with Crippen LogP contribution in [0, 0.1) is 11.6 Å². The van der Waals surface area contributed by atoms with E-state index in [0.717, 1.165) is 30.0 Å². The molecular weight excluding hydrogens is 424 g/mol. The van der Waals surface area contributed by atoms with E-state index < -0.39 is 27.8 Å². The molecule has 6 nitrogen and oxygen atoms in total. The summed E-state index contributed by atoms with van der Waals surface area (Å²) in [6.45, 7) is 2.79. The summed E-state index contributed by atoms with van der Waals surface area (Å²) in [6.07, 6.45) is 4.24. The first-order chi connectivity index (χ1) is 14.5. The van der Waals surface area contributed by atoms with Crippen LogP contribution in [0.5, 0.6) is 0 Å². The number of carbonyl (C=O) groups is 1. The second kappa shape index (κ2) is 7.65. The number of nitrogens with two attached hydrogens (primary N) is 1. The predicted molar refractivity (Wildman–Crippen MR) is 116 cm³/mol. The predicted octanol–water partition coefficient (Wildman–Crippen LogP) is 3.16. The lowest BCUT2D eigenvalue weighted by atomic mass is 9.98. The van der Waals surface area contributed by atoms with Gasteiger partial charge in [-0.1, -0.05) is 0 Å². The van der Waals surface area contributed by atoms with Crippen LogP contribution in [0.2, 0.25) is 0 Å². The minimum absolute atomic E-state index is 0.00994. The van der Waals surface area contributed by atoms with E-state index in [2.05, 4.69) is 10.0 Å². The van der Waals surface area contributed by atoms with Crippen molar-refractivity contribution in [1.82, 2.24) is 4.72 Å². The topological polar surface area (TPSA) is 104 Å². The van der Waals surface area contributed by atoms with Crippen molar-refractivity contribution in [2.45, 2.75) is 62.9 Å². The summed E-state index contributed by atoms with van der Waals surface area (Å²) in [5.74, 6) is -0.820. The third-order valence-electron chi connectivity index (χ3n) is 6.07. The highest BCUT2D eigenvalue weighted by atomic mass is 32.3. The van der Waals surface area contributed by atoms with Gasteiger partial charge in [-0.05, 0) is 92.8 Å². The summed E-state index contributed by atoms with van der Waals surface area (Å²) in [6, 6.07) is 2.71. The van der Waals surface area contributed by atoms with E-state index in [4.69, 9.17) is 5.14 Å². The van der Waals surface area contributed by atoms with Crippen molar-refractivity contribution in [2.75, 3.05) is 5.32 Å². The van der Waals surface area contributed by atoms with Crippen LogP contribution in [0.3, 0.4) is 0 Å². The molecule has 2 aromatic carbocycles. The maximum absolute atomic E-state index is 14.8. The lowest BCUT2D eigenvalue weighted by Gasteiger charge is -2.25. The van der Waals surface area contributed by atoms with Crippen molar-refractivity contribution in [3.05, 3.63) is 57.7 Å². The molecule has 0 atom stereocenters. The number of rotatable bonds is 4. The normalized spacial score (nSPS) is 16.1. The first-order valence-corrected chi connectivity index (χ1v) is 12.1. The van der Waals surface area contributed by atoms with Gasteiger partial charge < -0.3 is 10.4 Å². The second-order valence-electron chi connectivity index (χ2n) is 8.76. The summed E-state index contributed by atoms with van der Waals surface area (Å²) in [7, 11) is -3.92. The average Bonchev–Trinajstić information content (AvgIpc) is 3.34. The maximum Gasteiger partial charge on any atom is 0.330 e. The summed E-state index contributed by atoms with van der Waals surface area (Å²) < 4.78 is 44.2. The molecule has 2 aliphatic rings. The van der Waals surface area contributed by atoms with Gasteiger partial charge in [-0.25, -0.2) is 17.8 Å². The standard InChI is InChI=1S/C22H27F2N3O3S/c1-22(2,29)17-11-12(9-10-18(17)23)31(25,30)27-21(28)26-20-15-7-3-5-13(15)19(24)14-6-4-8-16(14)20/h9-11,29,31H,3-8H2,1-2H3,(H4,25,26,27,28,30). The van der Waals surface area contributed by atoms with Gasteiger partial charge in [-0.3, -0.25) is 9.86 Å². The third-order valence-corrected chi connectivity index (χ3v) is 7.65. The number of thiol groups is 1. The molecule has 9 heteroatoms. The average molecular weight is 452 g/mol. The van der Waals surface area contributed by atoms with E-state index in [1.54, 1.807) is 0 Å². The zero-order valence-electron chi connectivity index (χ0n) is 17.5. The van der Waals surface area contributed by atoms with Crippen LogP contribution in [-0.2, 0) is 41.6 Å². The molecule has 2 aromatic rings. The summed E-state index contributed by atoms with van der Waals surface area (Å²) in [4.78, 5) is 12.8. The fourth-order valence-corrected chi connectivity index (χ4v) is 5.69. The smallest absolute Gasteiger partial charge is 0.330 e. The Morgan fingerprint density at radius 1 is 1.06 bits per heavy atom. The van der Waals surface area contributed by atoms with Crippen LogP contribution in [0.15, 0.2) is 23.1 Å². The van der Waals surface area contributed by atoms with Crippen LogP contribution < -0.4 is 15.2 Å². The molecule has 0 fully saturated rings. The summed E-state index contributed by atoms with van der Waals surface area (Å²) in [5, 5.41) is 18.8. The number of urea groups is 1. The molecule has 0 bridgehead atoms. The molecule has 0 heterocycles. The molecule has 0 aliphatic heterocycles. The van der Waals surface area contributed by atoms with E-state index in [9.17, 15) is 22.9 Å². The minimum Gasteiger partial charge on any atom is -0.386 e. The minimum atomic E-state index is -3.92. The number of amides is 2. The van der Waals surface area contributed by atoms with Gasteiger partial charge in [-0.15, -0.1) is 0 Å². The first-order valence-electron chi connectivity index (χ1n) is 10.3. The second-order valence-corrected chi connectivity index (χ2v) is 10.8. The monoisotopic (exact) mass is 451 g/mol. The molecule has 2 aliphatic carbocycles. The first kappa shape index (κ1) is 21.9. The third kappa shape index (κ3) is 3.97. The van der Waals surface area contributed by atoms with Crippen molar-refractivity contribution in [2.24, 2.45) is 5.14 Å². The number of benzene rings is 2. The largest absolute Gasteiger partial charge is 0.386 e. The molecule has 2 amide bonds. The Bertz CT molecular complexity index is 1090. The van der Waals surface area contributed by atoms with Crippen LogP contribution >= 0.6 is 0 Å². The number of halogens is 2. The Morgan fingerprint density at radius 2 is 1.61 bits per heavy atom. The van der Waals surface area contributed by atoms with Crippen LogP contribution in [-0.4, -0.2) is 15.3 Å². The van der Waals surface area contributed by atoms with E-state index in [0.29, 0.717) is 42.5 Å². The molecule has 31 heavy (non-hydrogen) atoms. The van der Waals surface area contributed by atoms with Crippen LogP contribution in [0.4, 0.5) is 19.3 Å². The van der Waals surface area contributed by atoms with E-state index in [1.807, 2.05) is 0 Å². The van der Waals surface area contributed by atoms with Crippen molar-refractivity contribution in [3.8, 4) is 0 Å². The molecule has 0 radical (unpaired) electrons. The van der Waals surface area contributed by atoms with Gasteiger partial charge in [0.25, 0.3) is 0 Å². The zero-order valence-corrected chi connectivity index (χ0v) is 18.4. The van der Waals surface area contributed by atoms with Gasteiger partial charge in [-0.2, -0.15) is 0 Å². The van der Waals surface area contributed by atoms with Gasteiger partial charge in [0.2, 0.25) is 0 Å². The number of nitrogens with one attached hydrogen (secondary N) is 2. The highest BCUT2D eigenvalue weighted by Gasteiger charge is 2.30. The Morgan fingerprint density at radius 3 is 2.16 bits per heavy atom. The van der Waals surface area contributed by atoms with Crippen molar-refractivity contribution < 1.29 is 22.9 Å². The summed E-state index contributed by atoms with van der Waals surface area (Å²) >= 11 is 0. The highest BCUT2D eigenvalue weighted by Crippen LogP contribution is 2.41. The van der Waals surface area contributed by atoms with Crippen molar-refractivity contribution in [3.63, 3.8) is 0 Å². The number of hydrogen-bond donors (Lipinski definition) is 5. The van der Waals surface area contributed by atoms with Gasteiger partial charge in [0.1, 0.15) is 11.6 Å². The van der Waals surface area contributed by atoms with Gasteiger partial charge in [0.05, 0.1) is 5.60 Å². The molecule has 0 saturated carbocycles. The quantitative estimate of drug-likeness (QED) is 0.461. The van der Waals surface area contributed by atoms with Gasteiger partial charge in [0, 0.05) is 26.5 Å². The molecule has 0 unspecified atom stereocenters. The number of fused-ring (bicyclic) bond motifs is 2. The van der Waals surface area contributed by atoms with Crippen LogP contribution in [0.25, 0.3) is 0 Å². The van der Waals surface area contributed by atoms with E-state index >= 15 is 0 Å². The fourth-order valence-electron chi connectivity index (χ4n) is 4.58. The molecule has 168 valence electrons. The van der Waals surface area contributed by atoms with Gasteiger partial charge >= 0.3 is 6.03 Å². The molecular formula is C22H27F2N3O3S. The molecule has 0 spiro atoms. The highest BCUT2D eigenvalue weighted by molar-refractivity contribution is 7.99. The molecule has 0 saturated heterocycles. The SMILES string of the molecule is CC(C)(O)c1cc([SH](N)(=O)NC(=O)Nc2c3c(c(F)c4c2CCC4)CCC3)ccc1F. The van der Waals surface area contributed by atoms with Crippen molar-refractivity contribution in [1.29, 1.82) is 0 Å². The number of anilines is 1. The Balaban J connectivity index is 1.61. The Hall–Kier alpha value is -2.36. The lowest BCUT2D eigenvalue weighted by molar-refractivity contribution is 0.0743.